The largest absolute Gasteiger partial charge is 0.478 e. The molecule has 0 saturated heterocycles. The maximum Gasteiger partial charge on any atom is 0.337 e. The number of nitrogen functional groups attached to an aromatic ring is 1. The van der Waals surface area contributed by atoms with Crippen LogP contribution in [0.1, 0.15) is 49.4 Å². The highest BCUT2D eigenvalue weighted by Crippen LogP contribution is 2.32. The van der Waals surface area contributed by atoms with Crippen molar-refractivity contribution in [2.75, 3.05) is 17.6 Å². The monoisotopic (exact) mass is 310 g/mol. The molecule has 0 bridgehead atoms. The van der Waals surface area contributed by atoms with Gasteiger partial charge in [-0.25, -0.2) is 4.79 Å². The number of aromatic carboxylic acids is 1. The molecule has 21 heavy (non-hydrogen) atoms. The summed E-state index contributed by atoms with van der Waals surface area (Å²) in [5.41, 5.74) is 6.63. The Morgan fingerprint density at radius 2 is 2.24 bits per heavy atom. The molecule has 116 valence electrons. The second-order valence-electron chi connectivity index (χ2n) is 6.08. The van der Waals surface area contributed by atoms with Crippen molar-refractivity contribution >= 4 is 28.9 Å². The topological polar surface area (TPSA) is 75.3 Å². The zero-order valence-electron chi connectivity index (χ0n) is 12.4. The molecule has 4 nitrogen and oxygen atoms in total. The second kappa shape index (κ2) is 7.03. The summed E-state index contributed by atoms with van der Waals surface area (Å²) >= 11 is 6.12. The maximum absolute atomic E-state index is 11.3. The lowest BCUT2D eigenvalue weighted by Gasteiger charge is -2.27. The first-order chi connectivity index (χ1) is 9.97. The molecule has 2 unspecified atom stereocenters. The lowest BCUT2D eigenvalue weighted by molar-refractivity contribution is 0.0698. The van der Waals surface area contributed by atoms with Crippen molar-refractivity contribution in [2.24, 2.45) is 11.8 Å². The van der Waals surface area contributed by atoms with Crippen molar-refractivity contribution in [1.29, 1.82) is 0 Å². The fraction of sp³-hybridized carbons (Fsp3) is 0.562. The molecule has 1 fully saturated rings. The van der Waals surface area contributed by atoms with E-state index in [2.05, 4.69) is 12.2 Å². The van der Waals surface area contributed by atoms with Crippen LogP contribution in [0.3, 0.4) is 0 Å². The van der Waals surface area contributed by atoms with Crippen molar-refractivity contribution in [3.8, 4) is 0 Å². The number of hydrogen-bond acceptors (Lipinski definition) is 3. The molecule has 1 aromatic rings. The molecule has 1 aromatic carbocycles. The van der Waals surface area contributed by atoms with Crippen molar-refractivity contribution in [1.82, 2.24) is 0 Å². The SMILES string of the molecule is CC1CCCC(CCNc2c(Cl)cc(N)cc2C(=O)O)C1. The van der Waals surface area contributed by atoms with Gasteiger partial charge in [0, 0.05) is 12.2 Å². The van der Waals surface area contributed by atoms with E-state index in [0.717, 1.165) is 24.8 Å². The Kier molecular flexibility index (Phi) is 5.34. The van der Waals surface area contributed by atoms with E-state index in [-0.39, 0.29) is 5.56 Å². The lowest BCUT2D eigenvalue weighted by Crippen LogP contribution is -2.17. The van der Waals surface area contributed by atoms with E-state index >= 15 is 0 Å². The van der Waals surface area contributed by atoms with Crippen LogP contribution in [0.25, 0.3) is 0 Å². The Labute approximate surface area is 130 Å². The van der Waals surface area contributed by atoms with Crippen LogP contribution >= 0.6 is 11.6 Å². The molecule has 2 rings (SSSR count). The summed E-state index contributed by atoms with van der Waals surface area (Å²) in [7, 11) is 0. The van der Waals surface area contributed by atoms with Gasteiger partial charge in [-0.2, -0.15) is 0 Å². The number of benzene rings is 1. The van der Waals surface area contributed by atoms with Gasteiger partial charge in [-0.15, -0.1) is 0 Å². The van der Waals surface area contributed by atoms with Crippen LogP contribution in [-0.2, 0) is 0 Å². The van der Waals surface area contributed by atoms with Gasteiger partial charge in [-0.1, -0.05) is 37.8 Å². The van der Waals surface area contributed by atoms with Crippen molar-refractivity contribution in [2.45, 2.75) is 39.0 Å². The minimum atomic E-state index is -1.02. The highest BCUT2D eigenvalue weighted by Gasteiger charge is 2.19. The van der Waals surface area contributed by atoms with Crippen molar-refractivity contribution < 1.29 is 9.90 Å². The summed E-state index contributed by atoms with van der Waals surface area (Å²) in [6.07, 6.45) is 6.21. The van der Waals surface area contributed by atoms with Crippen LogP contribution in [0.4, 0.5) is 11.4 Å². The van der Waals surface area contributed by atoms with E-state index in [9.17, 15) is 9.90 Å². The van der Waals surface area contributed by atoms with E-state index in [1.54, 1.807) is 6.07 Å². The predicted molar refractivity (Wildman–Crippen MR) is 87.1 cm³/mol. The van der Waals surface area contributed by atoms with Gasteiger partial charge in [-0.3, -0.25) is 0 Å². The Morgan fingerprint density at radius 3 is 2.90 bits per heavy atom. The van der Waals surface area contributed by atoms with Crippen LogP contribution in [0, 0.1) is 11.8 Å². The number of hydrogen-bond donors (Lipinski definition) is 3. The summed E-state index contributed by atoms with van der Waals surface area (Å²) in [5.74, 6) is 0.513. The average molecular weight is 311 g/mol. The molecule has 0 spiro atoms. The van der Waals surface area contributed by atoms with E-state index in [1.807, 2.05) is 0 Å². The molecule has 0 aliphatic heterocycles. The maximum atomic E-state index is 11.3. The standard InChI is InChI=1S/C16H23ClN2O2/c1-10-3-2-4-11(7-10)5-6-19-15-13(16(20)21)8-12(18)9-14(15)17/h8-11,19H,2-7,18H2,1H3,(H,20,21). The van der Waals surface area contributed by atoms with E-state index in [1.165, 1.54) is 31.7 Å². The molecule has 0 radical (unpaired) electrons. The number of nitrogens with one attached hydrogen (secondary N) is 1. The number of carboxylic acids is 1. The van der Waals surface area contributed by atoms with E-state index < -0.39 is 5.97 Å². The van der Waals surface area contributed by atoms with Crippen LogP contribution in [-0.4, -0.2) is 17.6 Å². The summed E-state index contributed by atoms with van der Waals surface area (Å²) in [6, 6.07) is 3.03. The van der Waals surface area contributed by atoms with Crippen LogP contribution in [0.15, 0.2) is 12.1 Å². The van der Waals surface area contributed by atoms with Gasteiger partial charge in [0.05, 0.1) is 16.3 Å². The Hall–Kier alpha value is -1.42. The highest BCUT2D eigenvalue weighted by molar-refractivity contribution is 6.34. The van der Waals surface area contributed by atoms with Gasteiger partial charge in [0.1, 0.15) is 0 Å². The quantitative estimate of drug-likeness (QED) is 0.711. The van der Waals surface area contributed by atoms with Crippen LogP contribution in [0.5, 0.6) is 0 Å². The average Bonchev–Trinajstić information content (AvgIpc) is 2.40. The minimum Gasteiger partial charge on any atom is -0.478 e. The first-order valence-electron chi connectivity index (χ1n) is 7.53. The van der Waals surface area contributed by atoms with Gasteiger partial charge < -0.3 is 16.2 Å². The number of nitrogens with two attached hydrogens (primary N) is 1. The third-order valence-electron chi connectivity index (χ3n) is 4.24. The molecule has 1 saturated carbocycles. The number of carbonyl (C=O) groups is 1. The molecule has 5 heteroatoms. The Balaban J connectivity index is 1.98. The molecule has 0 heterocycles. The smallest absolute Gasteiger partial charge is 0.337 e. The molecule has 1 aliphatic carbocycles. The fourth-order valence-corrected chi connectivity index (χ4v) is 3.49. The number of rotatable bonds is 5. The lowest BCUT2D eigenvalue weighted by atomic mass is 9.81. The molecular formula is C16H23ClN2O2. The number of anilines is 2. The Morgan fingerprint density at radius 1 is 1.48 bits per heavy atom. The van der Waals surface area contributed by atoms with Gasteiger partial charge in [-0.05, 0) is 36.8 Å². The normalized spacial score (nSPS) is 22.0. The summed E-state index contributed by atoms with van der Waals surface area (Å²) in [5, 5.41) is 12.8. The fourth-order valence-electron chi connectivity index (χ4n) is 3.20. The Bertz CT molecular complexity index is 519. The van der Waals surface area contributed by atoms with Crippen LogP contribution < -0.4 is 11.1 Å². The minimum absolute atomic E-state index is 0.136. The highest BCUT2D eigenvalue weighted by atomic mass is 35.5. The molecule has 0 aromatic heterocycles. The van der Waals surface area contributed by atoms with E-state index in [0.29, 0.717) is 16.4 Å². The van der Waals surface area contributed by atoms with Gasteiger partial charge in [0.25, 0.3) is 0 Å². The number of carboxylic acid groups (broad SMARTS) is 1. The first-order valence-corrected chi connectivity index (χ1v) is 7.91. The van der Waals surface area contributed by atoms with Crippen molar-refractivity contribution in [3.05, 3.63) is 22.7 Å². The molecular weight excluding hydrogens is 288 g/mol. The molecule has 4 N–H and O–H groups in total. The zero-order chi connectivity index (χ0) is 15.4. The van der Waals surface area contributed by atoms with Gasteiger partial charge >= 0.3 is 5.97 Å². The second-order valence-corrected chi connectivity index (χ2v) is 6.49. The predicted octanol–water partition coefficient (Wildman–Crippen LogP) is 4.25. The summed E-state index contributed by atoms with van der Waals surface area (Å²) in [4.78, 5) is 11.3. The van der Waals surface area contributed by atoms with E-state index in [4.69, 9.17) is 17.3 Å². The molecule has 1 aliphatic rings. The van der Waals surface area contributed by atoms with Gasteiger partial charge in [0.15, 0.2) is 0 Å². The summed E-state index contributed by atoms with van der Waals surface area (Å²) < 4.78 is 0. The zero-order valence-corrected chi connectivity index (χ0v) is 13.1. The number of halogens is 1. The third-order valence-corrected chi connectivity index (χ3v) is 4.54. The molecule has 0 amide bonds. The summed E-state index contributed by atoms with van der Waals surface area (Å²) in [6.45, 7) is 3.04. The first kappa shape index (κ1) is 16.0. The van der Waals surface area contributed by atoms with Crippen molar-refractivity contribution in [3.63, 3.8) is 0 Å². The molecule has 2 atom stereocenters. The van der Waals surface area contributed by atoms with Gasteiger partial charge in [0.2, 0.25) is 0 Å². The van der Waals surface area contributed by atoms with Crippen LogP contribution in [0.2, 0.25) is 5.02 Å². The third kappa shape index (κ3) is 4.27.